The van der Waals surface area contributed by atoms with Crippen molar-refractivity contribution in [1.29, 1.82) is 0 Å². The van der Waals surface area contributed by atoms with Crippen molar-refractivity contribution in [1.82, 2.24) is 4.90 Å². The molecule has 1 unspecified atom stereocenters. The molecule has 214 valence electrons. The third-order valence-corrected chi connectivity index (χ3v) is 8.29. The molecule has 3 aliphatic rings. The molecule has 0 heterocycles. The molecule has 41 heavy (non-hydrogen) atoms. The Kier molecular flexibility index (Phi) is 6.75. The molecule has 0 saturated heterocycles. The van der Waals surface area contributed by atoms with Crippen LogP contribution in [0.2, 0.25) is 0 Å². The quantitative estimate of drug-likeness (QED) is 0.205. The molecule has 4 atom stereocenters. The molecule has 1 amide bonds. The van der Waals surface area contributed by atoms with Gasteiger partial charge in [-0.15, -0.1) is 0 Å². The van der Waals surface area contributed by atoms with Gasteiger partial charge in [-0.25, -0.2) is 0 Å². The number of phenolic OH excluding ortho intramolecular Hbond substituents is 1. The van der Waals surface area contributed by atoms with E-state index >= 15 is 0 Å². The summed E-state index contributed by atoms with van der Waals surface area (Å²) < 4.78 is 5.24. The van der Waals surface area contributed by atoms with Crippen molar-refractivity contribution >= 4 is 23.4 Å². The average Bonchev–Trinajstić information content (AvgIpc) is 2.91. The van der Waals surface area contributed by atoms with E-state index in [0.29, 0.717) is 22.4 Å². The molecule has 5 rings (SSSR count). The number of rotatable bonds is 5. The van der Waals surface area contributed by atoms with E-state index in [1.165, 1.54) is 11.0 Å². The van der Waals surface area contributed by atoms with Crippen molar-refractivity contribution in [3.63, 3.8) is 0 Å². The van der Waals surface area contributed by atoms with Crippen LogP contribution in [-0.2, 0) is 20.8 Å². The molecular formula is C30H30N2O9. The molecule has 0 radical (unpaired) electrons. The number of aliphatic hydroxyl groups is 3. The van der Waals surface area contributed by atoms with Crippen LogP contribution in [0.1, 0.15) is 35.7 Å². The summed E-state index contributed by atoms with van der Waals surface area (Å²) in [6, 6.07) is 8.60. The smallest absolute Gasteiger partial charge is 0.310 e. The van der Waals surface area contributed by atoms with Crippen LogP contribution < -0.4 is 10.5 Å². The number of primary amides is 1. The highest BCUT2D eigenvalue weighted by Gasteiger charge is 2.63. The van der Waals surface area contributed by atoms with Crippen LogP contribution in [0.3, 0.4) is 0 Å². The fourth-order valence-electron chi connectivity index (χ4n) is 6.43. The molecule has 0 fully saturated rings. The van der Waals surface area contributed by atoms with E-state index in [9.17, 15) is 39.6 Å². The zero-order valence-electron chi connectivity index (χ0n) is 22.7. The number of aromatic hydroxyl groups is 1. The molecule has 2 aromatic rings. The molecule has 6 N–H and O–H groups in total. The summed E-state index contributed by atoms with van der Waals surface area (Å²) in [6.07, 6.45) is 0.366. The van der Waals surface area contributed by atoms with Gasteiger partial charge in [0.2, 0.25) is 5.78 Å². The molecule has 11 heteroatoms. The zero-order chi connectivity index (χ0) is 30.0. The predicted octanol–water partition coefficient (Wildman–Crippen LogP) is 2.10. The minimum absolute atomic E-state index is 0.00718. The number of amides is 1. The lowest BCUT2D eigenvalue weighted by Gasteiger charge is -2.50. The molecule has 0 spiro atoms. The second-order valence-electron chi connectivity index (χ2n) is 10.8. The number of esters is 1. The number of nitrogens with two attached hydrogens (primary N) is 1. The third kappa shape index (κ3) is 4.11. The summed E-state index contributed by atoms with van der Waals surface area (Å²) in [5.74, 6) is -7.03. The third-order valence-electron chi connectivity index (χ3n) is 8.29. The first-order valence-electron chi connectivity index (χ1n) is 13.1. The lowest BCUT2D eigenvalue weighted by molar-refractivity contribution is -0.148. The first-order valence-corrected chi connectivity index (χ1v) is 13.1. The number of likely N-dealkylation sites (N-methyl/N-ethyl adjacent to an activating group) is 1. The van der Waals surface area contributed by atoms with Gasteiger partial charge in [0.15, 0.2) is 11.4 Å². The number of aliphatic hydroxyl groups excluding tert-OH is 2. The monoisotopic (exact) mass is 562 g/mol. The number of nitrogens with zero attached hydrogens (tertiary/aromatic N) is 1. The van der Waals surface area contributed by atoms with Crippen molar-refractivity contribution in [2.24, 2.45) is 17.6 Å². The maximum Gasteiger partial charge on any atom is 0.310 e. The molecule has 0 aromatic heterocycles. The Morgan fingerprint density at radius 1 is 1.07 bits per heavy atom. The van der Waals surface area contributed by atoms with Gasteiger partial charge < -0.3 is 30.9 Å². The second kappa shape index (κ2) is 9.86. The van der Waals surface area contributed by atoms with Gasteiger partial charge in [-0.3, -0.25) is 24.1 Å². The van der Waals surface area contributed by atoms with Crippen LogP contribution >= 0.6 is 0 Å². The van der Waals surface area contributed by atoms with Crippen LogP contribution in [-0.4, -0.2) is 74.5 Å². The largest absolute Gasteiger partial charge is 0.510 e. The van der Waals surface area contributed by atoms with Crippen LogP contribution in [0.25, 0.3) is 11.1 Å². The highest BCUT2D eigenvalue weighted by Crippen LogP contribution is 2.53. The van der Waals surface area contributed by atoms with Crippen LogP contribution in [0.4, 0.5) is 0 Å². The van der Waals surface area contributed by atoms with E-state index in [2.05, 4.69) is 0 Å². The number of Topliss-reactive ketones (excluding diaryl/α,β-unsaturated/α-hetero) is 2. The minimum atomic E-state index is -2.69. The summed E-state index contributed by atoms with van der Waals surface area (Å²) in [6.45, 7) is 1.68. The van der Waals surface area contributed by atoms with Crippen molar-refractivity contribution in [3.8, 4) is 22.6 Å². The first-order chi connectivity index (χ1) is 19.3. The number of carbonyl (C=O) groups excluding carboxylic acids is 4. The number of phenols is 1. The fraction of sp³-hybridized carbons (Fsp3) is 0.333. The number of fused-ring (bicyclic) bond motifs is 3. The summed E-state index contributed by atoms with van der Waals surface area (Å²) in [5.41, 5.74) is 3.33. The summed E-state index contributed by atoms with van der Waals surface area (Å²) in [4.78, 5) is 52.5. The van der Waals surface area contributed by atoms with E-state index < -0.39 is 58.0 Å². The summed E-state index contributed by atoms with van der Waals surface area (Å²) >= 11 is 0. The minimum Gasteiger partial charge on any atom is -0.510 e. The van der Waals surface area contributed by atoms with Crippen LogP contribution in [0.5, 0.6) is 11.5 Å². The number of ether oxygens (including phenoxy) is 1. The molecule has 0 bridgehead atoms. The first kappa shape index (κ1) is 28.1. The van der Waals surface area contributed by atoms with Gasteiger partial charge in [0.25, 0.3) is 5.91 Å². The van der Waals surface area contributed by atoms with E-state index in [1.807, 2.05) is 0 Å². The van der Waals surface area contributed by atoms with Gasteiger partial charge in [0.05, 0.1) is 11.6 Å². The molecule has 3 aliphatic carbocycles. The van der Waals surface area contributed by atoms with Crippen LogP contribution in [0, 0.1) is 11.8 Å². The zero-order valence-corrected chi connectivity index (χ0v) is 22.7. The Morgan fingerprint density at radius 3 is 2.32 bits per heavy atom. The Labute approximate surface area is 235 Å². The van der Waals surface area contributed by atoms with E-state index in [4.69, 9.17) is 10.5 Å². The van der Waals surface area contributed by atoms with E-state index in [-0.39, 0.29) is 42.1 Å². The van der Waals surface area contributed by atoms with E-state index in [0.717, 1.165) is 0 Å². The molecular weight excluding hydrogens is 532 g/mol. The molecule has 2 aromatic carbocycles. The topological polar surface area (TPSA) is 188 Å². The molecule has 0 saturated carbocycles. The normalized spacial score (nSPS) is 25.5. The molecule has 0 aliphatic heterocycles. The highest BCUT2D eigenvalue weighted by atomic mass is 16.5. The van der Waals surface area contributed by atoms with Crippen molar-refractivity contribution in [2.45, 2.75) is 37.8 Å². The van der Waals surface area contributed by atoms with Gasteiger partial charge in [-0.1, -0.05) is 25.1 Å². The Bertz CT molecular complexity index is 1570. The van der Waals surface area contributed by atoms with Gasteiger partial charge in [-0.2, -0.15) is 0 Å². The maximum atomic E-state index is 13.9. The van der Waals surface area contributed by atoms with E-state index in [1.54, 1.807) is 51.4 Å². The van der Waals surface area contributed by atoms with Gasteiger partial charge in [-0.05, 0) is 67.7 Å². The Morgan fingerprint density at radius 2 is 1.73 bits per heavy atom. The number of allylic oxidation sites excluding steroid dienone is 1. The Balaban J connectivity index is 1.64. The number of carbonyl (C=O) groups is 4. The lowest BCUT2D eigenvalue weighted by atomic mass is 9.58. The molecule has 11 nitrogen and oxygen atoms in total. The second-order valence-corrected chi connectivity index (χ2v) is 10.8. The van der Waals surface area contributed by atoms with Gasteiger partial charge in [0.1, 0.15) is 28.6 Å². The van der Waals surface area contributed by atoms with Crippen molar-refractivity contribution in [2.75, 3.05) is 14.1 Å². The fourth-order valence-corrected chi connectivity index (χ4v) is 6.43. The number of ketones is 2. The predicted molar refractivity (Wildman–Crippen MR) is 145 cm³/mol. The lowest BCUT2D eigenvalue weighted by Crippen LogP contribution is -2.63. The number of hydrogen-bond donors (Lipinski definition) is 5. The average molecular weight is 563 g/mol. The van der Waals surface area contributed by atoms with Gasteiger partial charge in [0, 0.05) is 17.9 Å². The number of hydrogen-bond acceptors (Lipinski definition) is 10. The van der Waals surface area contributed by atoms with Crippen molar-refractivity contribution in [3.05, 3.63) is 70.2 Å². The summed E-state index contributed by atoms with van der Waals surface area (Å²) in [7, 11) is 3.15. The van der Waals surface area contributed by atoms with Gasteiger partial charge >= 0.3 is 5.97 Å². The van der Waals surface area contributed by atoms with Crippen molar-refractivity contribution < 1.29 is 44.3 Å². The highest BCUT2D eigenvalue weighted by molar-refractivity contribution is 6.24. The summed E-state index contributed by atoms with van der Waals surface area (Å²) in [5, 5.41) is 44.7. The Hall–Kier alpha value is -4.48. The van der Waals surface area contributed by atoms with Crippen LogP contribution in [0.15, 0.2) is 59.1 Å². The number of benzene rings is 2. The maximum absolute atomic E-state index is 13.9. The SMILES string of the molecule is CCC(=O)Oc1ccc(-c2ccc(O)c3c2C[C@H]2C[C@H]4C(N(C)C)C(O)=C(C(N)=O)C(=O)[C@@]4(O)C(O)=C2C3=O)cc1. The standard InChI is InChI=1S/C30H30N2O9/c1-4-20(34)41-15-7-5-13(6-8-15)16-9-10-19(33)22-17(16)11-14-12-18-24(32(2)3)26(36)23(29(31)39)28(38)30(18,40)27(37)21(14)25(22)35/h5-10,14,18,24,33,36-37,40H,4,11-12H2,1-3H3,(H2,31,39)/t14-,18-,24?,30-/m0/s1.